The largest absolute Gasteiger partial charge is 0.501 e. The normalized spacial score (nSPS) is 19.5. The summed E-state index contributed by atoms with van der Waals surface area (Å²) in [7, 11) is -5.43. The quantitative estimate of drug-likeness (QED) is 0.841. The molecule has 0 radical (unpaired) electrons. The van der Waals surface area contributed by atoms with Gasteiger partial charge in [-0.1, -0.05) is 12.1 Å². The average molecular weight is 361 g/mol. The van der Waals surface area contributed by atoms with Crippen molar-refractivity contribution >= 4 is 15.5 Å². The first-order valence-electron chi connectivity index (χ1n) is 7.11. The van der Waals surface area contributed by atoms with Crippen molar-refractivity contribution in [2.75, 3.05) is 24.6 Å². The van der Waals surface area contributed by atoms with Gasteiger partial charge in [-0.3, -0.25) is 0 Å². The second-order valence-electron chi connectivity index (χ2n) is 5.24. The third kappa shape index (κ3) is 3.01. The maximum absolute atomic E-state index is 12.9. The van der Waals surface area contributed by atoms with Crippen LogP contribution in [0.2, 0.25) is 0 Å². The van der Waals surface area contributed by atoms with Crippen LogP contribution < -0.4 is 4.90 Å². The number of morpholine rings is 1. The van der Waals surface area contributed by atoms with E-state index >= 15 is 0 Å². The first-order valence-corrected chi connectivity index (χ1v) is 8.59. The molecule has 1 aromatic heterocycles. The SMILES string of the molecule is O=S(=O)(c1ccccc1N1CCOC(c2ccco2)C1)C(F)(F)F. The summed E-state index contributed by atoms with van der Waals surface area (Å²) in [6.45, 7) is 0.714. The van der Waals surface area contributed by atoms with E-state index < -0.39 is 26.3 Å². The summed E-state index contributed by atoms with van der Waals surface area (Å²) in [5.74, 6) is 0.538. The zero-order chi connectivity index (χ0) is 17.4. The summed E-state index contributed by atoms with van der Waals surface area (Å²) < 4.78 is 73.2. The Bertz CT molecular complexity index is 802. The lowest BCUT2D eigenvalue weighted by Gasteiger charge is -2.34. The monoisotopic (exact) mass is 361 g/mol. The molecule has 1 saturated heterocycles. The fraction of sp³-hybridized carbons (Fsp3) is 0.333. The Balaban J connectivity index is 1.96. The van der Waals surface area contributed by atoms with Crippen molar-refractivity contribution < 1.29 is 30.7 Å². The second kappa shape index (κ2) is 6.14. The Morgan fingerprint density at radius 1 is 1.12 bits per heavy atom. The summed E-state index contributed by atoms with van der Waals surface area (Å²) in [4.78, 5) is 0.813. The Morgan fingerprint density at radius 2 is 1.88 bits per heavy atom. The lowest BCUT2D eigenvalue weighted by molar-refractivity contribution is -0.0435. The van der Waals surface area contributed by atoms with Gasteiger partial charge in [0.1, 0.15) is 11.9 Å². The number of para-hydroxylation sites is 1. The minimum Gasteiger partial charge on any atom is -0.467 e. The van der Waals surface area contributed by atoms with Crippen LogP contribution in [0.1, 0.15) is 11.9 Å². The molecule has 1 fully saturated rings. The molecule has 1 atom stereocenters. The number of benzene rings is 1. The van der Waals surface area contributed by atoms with Crippen LogP contribution in [0.15, 0.2) is 52.0 Å². The molecule has 0 amide bonds. The van der Waals surface area contributed by atoms with E-state index in [1.807, 2.05) is 0 Å². The minimum atomic E-state index is -5.43. The van der Waals surface area contributed by atoms with E-state index in [0.717, 1.165) is 6.07 Å². The smallest absolute Gasteiger partial charge is 0.467 e. The number of hydrogen-bond donors (Lipinski definition) is 0. The van der Waals surface area contributed by atoms with Crippen LogP contribution in [-0.4, -0.2) is 33.6 Å². The second-order valence-corrected chi connectivity index (χ2v) is 7.15. The first-order chi connectivity index (χ1) is 11.3. The fourth-order valence-corrected chi connectivity index (χ4v) is 3.56. The molecule has 0 aliphatic carbocycles. The molecule has 0 saturated carbocycles. The lowest BCUT2D eigenvalue weighted by Crippen LogP contribution is -2.39. The van der Waals surface area contributed by atoms with Gasteiger partial charge >= 0.3 is 5.51 Å². The molecule has 2 aromatic rings. The number of halogens is 3. The summed E-state index contributed by atoms with van der Waals surface area (Å²) in [6.07, 6.45) is 0.995. The number of alkyl halides is 3. The zero-order valence-electron chi connectivity index (χ0n) is 12.4. The molecule has 1 aromatic carbocycles. The van der Waals surface area contributed by atoms with Gasteiger partial charge in [-0.2, -0.15) is 13.2 Å². The van der Waals surface area contributed by atoms with Crippen LogP contribution in [0.3, 0.4) is 0 Å². The van der Waals surface area contributed by atoms with Gasteiger partial charge in [0.15, 0.2) is 0 Å². The maximum Gasteiger partial charge on any atom is 0.501 e. The highest BCUT2D eigenvalue weighted by molar-refractivity contribution is 7.92. The standard InChI is InChI=1S/C15H14F3NO4S/c16-15(17,18)24(20,21)14-6-2-1-4-11(14)19-7-9-23-13(10-19)12-5-3-8-22-12/h1-6,8,13H,7,9-10H2. The molecule has 1 unspecified atom stereocenters. The van der Waals surface area contributed by atoms with Gasteiger partial charge in [0, 0.05) is 6.54 Å². The van der Waals surface area contributed by atoms with Gasteiger partial charge in [0.25, 0.3) is 9.84 Å². The molecule has 0 spiro atoms. The van der Waals surface area contributed by atoms with Crippen LogP contribution in [0.4, 0.5) is 18.9 Å². The topological polar surface area (TPSA) is 59.8 Å². The highest BCUT2D eigenvalue weighted by Crippen LogP contribution is 2.37. The zero-order valence-corrected chi connectivity index (χ0v) is 13.2. The number of anilines is 1. The molecule has 0 bridgehead atoms. The van der Waals surface area contributed by atoms with E-state index in [2.05, 4.69) is 0 Å². The highest BCUT2D eigenvalue weighted by Gasteiger charge is 2.48. The third-order valence-electron chi connectivity index (χ3n) is 3.73. The summed E-state index contributed by atoms with van der Waals surface area (Å²) >= 11 is 0. The molecule has 130 valence electrons. The number of ether oxygens (including phenoxy) is 1. The maximum atomic E-state index is 12.9. The van der Waals surface area contributed by atoms with Crippen LogP contribution in [0.5, 0.6) is 0 Å². The molecular formula is C15H14F3NO4S. The molecular weight excluding hydrogens is 347 g/mol. The number of nitrogens with zero attached hydrogens (tertiary/aromatic N) is 1. The highest BCUT2D eigenvalue weighted by atomic mass is 32.2. The van der Waals surface area contributed by atoms with E-state index in [4.69, 9.17) is 9.15 Å². The van der Waals surface area contributed by atoms with Gasteiger partial charge in [-0.15, -0.1) is 0 Å². The third-order valence-corrected chi connectivity index (χ3v) is 5.26. The number of sulfone groups is 1. The average Bonchev–Trinajstić information content (AvgIpc) is 3.08. The molecule has 24 heavy (non-hydrogen) atoms. The molecule has 1 aliphatic rings. The molecule has 5 nitrogen and oxygen atoms in total. The summed E-state index contributed by atoms with van der Waals surface area (Å²) in [6, 6.07) is 8.49. The van der Waals surface area contributed by atoms with Gasteiger partial charge in [-0.25, -0.2) is 8.42 Å². The van der Waals surface area contributed by atoms with Crippen molar-refractivity contribution in [3.63, 3.8) is 0 Å². The number of rotatable bonds is 3. The van der Waals surface area contributed by atoms with E-state index in [9.17, 15) is 21.6 Å². The predicted octanol–water partition coefficient (Wildman–Crippen LogP) is 3.15. The van der Waals surface area contributed by atoms with Crippen molar-refractivity contribution in [3.8, 4) is 0 Å². The van der Waals surface area contributed by atoms with Crippen LogP contribution in [0, 0.1) is 0 Å². The molecule has 3 rings (SSSR count). The molecule has 1 aliphatic heterocycles. The van der Waals surface area contributed by atoms with E-state index in [1.54, 1.807) is 17.0 Å². The van der Waals surface area contributed by atoms with Crippen LogP contribution in [-0.2, 0) is 14.6 Å². The molecule has 2 heterocycles. The molecule has 9 heteroatoms. The summed E-state index contributed by atoms with van der Waals surface area (Å²) in [5, 5.41) is 0. The van der Waals surface area contributed by atoms with Gasteiger partial charge in [0.05, 0.1) is 30.0 Å². The van der Waals surface area contributed by atoms with Gasteiger partial charge in [0.2, 0.25) is 0 Å². The van der Waals surface area contributed by atoms with Crippen molar-refractivity contribution in [1.29, 1.82) is 0 Å². The van der Waals surface area contributed by atoms with E-state index in [1.165, 1.54) is 24.5 Å². The number of furan rings is 1. The van der Waals surface area contributed by atoms with Crippen molar-refractivity contribution in [2.45, 2.75) is 16.5 Å². The Morgan fingerprint density at radius 3 is 2.54 bits per heavy atom. The molecule has 0 N–H and O–H groups in total. The van der Waals surface area contributed by atoms with E-state index in [-0.39, 0.29) is 25.4 Å². The predicted molar refractivity (Wildman–Crippen MR) is 79.3 cm³/mol. The van der Waals surface area contributed by atoms with Crippen molar-refractivity contribution in [2.24, 2.45) is 0 Å². The van der Waals surface area contributed by atoms with Crippen LogP contribution in [0.25, 0.3) is 0 Å². The van der Waals surface area contributed by atoms with Gasteiger partial charge in [-0.05, 0) is 24.3 Å². The van der Waals surface area contributed by atoms with Gasteiger partial charge < -0.3 is 14.1 Å². The summed E-state index contributed by atoms with van der Waals surface area (Å²) in [5.41, 5.74) is -5.34. The Labute approximate surface area is 136 Å². The van der Waals surface area contributed by atoms with Crippen LogP contribution >= 0.6 is 0 Å². The Kier molecular flexibility index (Phi) is 4.31. The minimum absolute atomic E-state index is 0.00896. The fourth-order valence-electron chi connectivity index (χ4n) is 2.59. The van der Waals surface area contributed by atoms with Crippen molar-refractivity contribution in [3.05, 3.63) is 48.4 Å². The number of hydrogen-bond acceptors (Lipinski definition) is 5. The Hall–Kier alpha value is -2.00. The van der Waals surface area contributed by atoms with Crippen molar-refractivity contribution in [1.82, 2.24) is 0 Å². The lowest BCUT2D eigenvalue weighted by atomic mass is 10.2. The first kappa shape index (κ1) is 16.8. The van der Waals surface area contributed by atoms with E-state index in [0.29, 0.717) is 5.76 Å².